The maximum Gasteiger partial charge on any atom is 0.408 e. The summed E-state index contributed by atoms with van der Waals surface area (Å²) in [5.41, 5.74) is -0.709. The first kappa shape index (κ1) is 26.6. The summed E-state index contributed by atoms with van der Waals surface area (Å²) in [5.74, 6) is -1.37. The van der Waals surface area contributed by atoms with Crippen LogP contribution in [0.5, 0.6) is 0 Å². The highest BCUT2D eigenvalue weighted by Gasteiger charge is 2.42. The number of aldehydes is 1. The molecule has 2 heterocycles. The first-order chi connectivity index (χ1) is 15.3. The van der Waals surface area contributed by atoms with Gasteiger partial charge in [0.1, 0.15) is 24.0 Å². The molecule has 3 N–H and O–H groups in total. The van der Waals surface area contributed by atoms with Crippen LogP contribution in [0.4, 0.5) is 4.79 Å². The summed E-state index contributed by atoms with van der Waals surface area (Å²) in [6.07, 6.45) is 1.24. The van der Waals surface area contributed by atoms with Crippen LogP contribution < -0.4 is 16.0 Å². The smallest absolute Gasteiger partial charge is 0.408 e. The van der Waals surface area contributed by atoms with E-state index in [4.69, 9.17) is 4.74 Å². The predicted molar refractivity (Wildman–Crippen MR) is 121 cm³/mol. The van der Waals surface area contributed by atoms with E-state index in [0.29, 0.717) is 32.2 Å². The summed E-state index contributed by atoms with van der Waals surface area (Å²) in [4.78, 5) is 63.6. The Balaban J connectivity index is 2.09. The van der Waals surface area contributed by atoms with Crippen LogP contribution in [-0.2, 0) is 23.9 Å². The van der Waals surface area contributed by atoms with Crippen molar-refractivity contribution < 1.29 is 28.7 Å². The minimum atomic E-state index is -0.857. The SMILES string of the molecule is CC(C)[C@H](NC(=O)OC(C)(C)C)C(=O)N1C[C@@H](C)C[C@H]1C(=O)N[C@H](C=O)C[C@@H]1CCNC1=O. The molecular weight excluding hydrogens is 428 g/mol. The number of hydrogen-bond acceptors (Lipinski definition) is 6. The molecule has 2 aliphatic rings. The molecule has 0 unspecified atom stereocenters. The molecule has 0 aromatic heterocycles. The number of nitrogens with one attached hydrogen (secondary N) is 3. The van der Waals surface area contributed by atoms with Crippen molar-refractivity contribution in [2.45, 2.75) is 84.5 Å². The number of hydrogen-bond donors (Lipinski definition) is 3. The van der Waals surface area contributed by atoms with Crippen LogP contribution >= 0.6 is 0 Å². The van der Waals surface area contributed by atoms with Gasteiger partial charge in [0.2, 0.25) is 17.7 Å². The number of ether oxygens (including phenoxy) is 1. The minimum absolute atomic E-state index is 0.0781. The monoisotopic (exact) mass is 466 g/mol. The number of carbonyl (C=O) groups excluding carboxylic acids is 5. The van der Waals surface area contributed by atoms with Gasteiger partial charge >= 0.3 is 6.09 Å². The molecule has 2 rings (SSSR count). The largest absolute Gasteiger partial charge is 0.444 e. The van der Waals surface area contributed by atoms with Gasteiger partial charge < -0.3 is 30.4 Å². The number of amides is 4. The molecule has 2 saturated heterocycles. The van der Waals surface area contributed by atoms with Crippen molar-refractivity contribution in [1.29, 1.82) is 0 Å². The Bertz CT molecular complexity index is 763. The fourth-order valence-corrected chi connectivity index (χ4v) is 4.27. The summed E-state index contributed by atoms with van der Waals surface area (Å²) in [7, 11) is 0. The quantitative estimate of drug-likeness (QED) is 0.457. The summed E-state index contributed by atoms with van der Waals surface area (Å²) in [5, 5.41) is 8.08. The van der Waals surface area contributed by atoms with Gasteiger partial charge in [0, 0.05) is 19.0 Å². The highest BCUT2D eigenvalue weighted by Crippen LogP contribution is 2.26. The van der Waals surface area contributed by atoms with Gasteiger partial charge in [-0.3, -0.25) is 14.4 Å². The highest BCUT2D eigenvalue weighted by atomic mass is 16.6. The molecule has 0 aliphatic carbocycles. The zero-order chi connectivity index (χ0) is 24.9. The first-order valence-corrected chi connectivity index (χ1v) is 11.7. The standard InChI is InChI=1S/C23H38N4O6/c1-13(2)18(26-22(32)33-23(4,5)6)21(31)27-11-14(3)9-17(27)20(30)25-16(12-28)10-15-7-8-24-19(15)29/h12-18H,7-11H2,1-6H3,(H,24,29)(H,25,30)(H,26,32)/t14-,15-,16-,17-,18-/m0/s1. The molecule has 4 amide bonds. The van der Waals surface area contributed by atoms with Crippen molar-refractivity contribution in [3.8, 4) is 0 Å². The van der Waals surface area contributed by atoms with Crippen LogP contribution in [0.3, 0.4) is 0 Å². The Hall–Kier alpha value is -2.65. The van der Waals surface area contributed by atoms with E-state index in [-0.39, 0.29) is 36.0 Å². The summed E-state index contributed by atoms with van der Waals surface area (Å²) >= 11 is 0. The lowest BCUT2D eigenvalue weighted by Crippen LogP contribution is -2.56. The van der Waals surface area contributed by atoms with E-state index in [0.717, 1.165) is 0 Å². The molecule has 33 heavy (non-hydrogen) atoms. The van der Waals surface area contributed by atoms with E-state index in [1.165, 1.54) is 4.90 Å². The first-order valence-electron chi connectivity index (χ1n) is 11.7. The van der Waals surface area contributed by atoms with E-state index in [1.54, 1.807) is 20.8 Å². The van der Waals surface area contributed by atoms with Crippen molar-refractivity contribution in [3.05, 3.63) is 0 Å². The van der Waals surface area contributed by atoms with Gasteiger partial charge in [-0.05, 0) is 51.9 Å². The number of nitrogens with zero attached hydrogens (tertiary/aromatic N) is 1. The second kappa shape index (κ2) is 11.0. The zero-order valence-corrected chi connectivity index (χ0v) is 20.5. The minimum Gasteiger partial charge on any atom is -0.444 e. The van der Waals surface area contributed by atoms with Crippen LogP contribution in [0.25, 0.3) is 0 Å². The van der Waals surface area contributed by atoms with Gasteiger partial charge in [-0.2, -0.15) is 0 Å². The Morgan fingerprint density at radius 1 is 1.24 bits per heavy atom. The highest BCUT2D eigenvalue weighted by molar-refractivity contribution is 5.93. The molecule has 0 saturated carbocycles. The normalized spacial score (nSPS) is 24.8. The third-order valence-electron chi connectivity index (χ3n) is 5.89. The molecule has 2 aliphatic heterocycles. The Labute approximate surface area is 195 Å². The Morgan fingerprint density at radius 2 is 1.91 bits per heavy atom. The molecule has 0 spiro atoms. The molecule has 5 atom stereocenters. The average Bonchev–Trinajstić information content (AvgIpc) is 3.28. The third kappa shape index (κ3) is 7.43. The molecule has 10 heteroatoms. The van der Waals surface area contributed by atoms with Crippen molar-refractivity contribution >= 4 is 30.1 Å². The van der Waals surface area contributed by atoms with E-state index in [2.05, 4.69) is 16.0 Å². The Kier molecular flexibility index (Phi) is 8.85. The molecular formula is C23H38N4O6. The van der Waals surface area contributed by atoms with Gasteiger partial charge in [-0.25, -0.2) is 4.79 Å². The van der Waals surface area contributed by atoms with E-state index in [1.807, 2.05) is 20.8 Å². The van der Waals surface area contributed by atoms with Crippen LogP contribution in [0.1, 0.15) is 60.8 Å². The Morgan fingerprint density at radius 3 is 2.42 bits per heavy atom. The maximum absolute atomic E-state index is 13.4. The molecule has 186 valence electrons. The van der Waals surface area contributed by atoms with Gasteiger partial charge in [0.15, 0.2) is 0 Å². The molecule has 0 aromatic carbocycles. The van der Waals surface area contributed by atoms with E-state index in [9.17, 15) is 24.0 Å². The molecule has 0 bridgehead atoms. The zero-order valence-electron chi connectivity index (χ0n) is 20.5. The van der Waals surface area contributed by atoms with Gasteiger partial charge in [-0.1, -0.05) is 20.8 Å². The van der Waals surface area contributed by atoms with Crippen molar-refractivity contribution in [2.75, 3.05) is 13.1 Å². The number of carbonyl (C=O) groups is 5. The summed E-state index contributed by atoms with van der Waals surface area (Å²) in [6.45, 7) is 11.7. The topological polar surface area (TPSA) is 134 Å². The number of likely N-dealkylation sites (tertiary alicyclic amines) is 1. The van der Waals surface area contributed by atoms with Crippen molar-refractivity contribution in [3.63, 3.8) is 0 Å². The third-order valence-corrected chi connectivity index (χ3v) is 5.89. The second-order valence-corrected chi connectivity index (χ2v) is 10.5. The summed E-state index contributed by atoms with van der Waals surface area (Å²) in [6, 6.07) is -2.42. The maximum atomic E-state index is 13.4. The fraction of sp³-hybridized carbons (Fsp3) is 0.783. The lowest BCUT2D eigenvalue weighted by atomic mass is 9.98. The molecule has 2 fully saturated rings. The van der Waals surface area contributed by atoms with E-state index < -0.39 is 35.7 Å². The molecule has 0 aromatic rings. The van der Waals surface area contributed by atoms with Crippen LogP contribution in [0.15, 0.2) is 0 Å². The molecule has 0 radical (unpaired) electrons. The van der Waals surface area contributed by atoms with Gasteiger partial charge in [-0.15, -0.1) is 0 Å². The number of rotatable bonds is 8. The van der Waals surface area contributed by atoms with Crippen molar-refractivity contribution in [2.24, 2.45) is 17.8 Å². The van der Waals surface area contributed by atoms with Crippen LogP contribution in [0, 0.1) is 17.8 Å². The lowest BCUT2D eigenvalue weighted by molar-refractivity contribution is -0.141. The summed E-state index contributed by atoms with van der Waals surface area (Å²) < 4.78 is 5.29. The number of alkyl carbamates (subject to hydrolysis) is 1. The average molecular weight is 467 g/mol. The van der Waals surface area contributed by atoms with Gasteiger partial charge in [0.05, 0.1) is 6.04 Å². The van der Waals surface area contributed by atoms with E-state index >= 15 is 0 Å². The van der Waals surface area contributed by atoms with Crippen LogP contribution in [-0.4, -0.2) is 71.8 Å². The second-order valence-electron chi connectivity index (χ2n) is 10.5. The fourth-order valence-electron chi connectivity index (χ4n) is 4.27. The molecule has 10 nitrogen and oxygen atoms in total. The lowest BCUT2D eigenvalue weighted by Gasteiger charge is -2.31. The predicted octanol–water partition coefficient (Wildman–Crippen LogP) is 0.983. The van der Waals surface area contributed by atoms with Crippen molar-refractivity contribution in [1.82, 2.24) is 20.9 Å². The van der Waals surface area contributed by atoms with Gasteiger partial charge in [0.25, 0.3) is 0 Å². The van der Waals surface area contributed by atoms with Crippen LogP contribution in [0.2, 0.25) is 0 Å².